The summed E-state index contributed by atoms with van der Waals surface area (Å²) < 4.78 is 7.16. The number of guanidine groups is 1. The van der Waals surface area contributed by atoms with Crippen LogP contribution in [0.25, 0.3) is 0 Å². The van der Waals surface area contributed by atoms with E-state index in [1.165, 1.54) is 0 Å². The van der Waals surface area contributed by atoms with Crippen molar-refractivity contribution < 1.29 is 9.53 Å². The van der Waals surface area contributed by atoms with E-state index in [2.05, 4.69) is 26.0 Å². The Morgan fingerprint density at radius 1 is 1.17 bits per heavy atom. The van der Waals surface area contributed by atoms with Gasteiger partial charge in [-0.2, -0.15) is 5.10 Å². The van der Waals surface area contributed by atoms with Gasteiger partial charge in [0.2, 0.25) is 0 Å². The highest BCUT2D eigenvalue weighted by atomic mass is 16.6. The molecule has 158 valence electrons. The molecule has 0 spiro atoms. The number of hydrogen-bond donors (Lipinski definition) is 3. The highest BCUT2D eigenvalue weighted by Gasteiger charge is 2.16. The maximum atomic E-state index is 11.8. The number of carbonyl (C=O) groups is 1. The fraction of sp³-hybridized carbons (Fsp3) is 0.476. The molecule has 1 aromatic heterocycles. The molecule has 1 aromatic carbocycles. The minimum Gasteiger partial charge on any atom is -0.444 e. The summed E-state index contributed by atoms with van der Waals surface area (Å²) in [7, 11) is 1.75. The second-order valence-electron chi connectivity index (χ2n) is 7.78. The van der Waals surface area contributed by atoms with Gasteiger partial charge in [-0.05, 0) is 57.4 Å². The van der Waals surface area contributed by atoms with E-state index < -0.39 is 11.7 Å². The zero-order chi connectivity index (χ0) is 21.3. The number of nitrogens with one attached hydrogen (secondary N) is 3. The molecule has 8 nitrogen and oxygen atoms in total. The monoisotopic (exact) mass is 400 g/mol. The topological polar surface area (TPSA) is 92.6 Å². The summed E-state index contributed by atoms with van der Waals surface area (Å²) in [6.07, 6.45) is 4.25. The van der Waals surface area contributed by atoms with Crippen LogP contribution in [0.4, 0.5) is 10.5 Å². The normalized spacial score (nSPS) is 11.8. The van der Waals surface area contributed by atoms with Crippen molar-refractivity contribution in [2.75, 3.05) is 25.5 Å². The summed E-state index contributed by atoms with van der Waals surface area (Å²) in [5.74, 6) is 0.761. The highest BCUT2D eigenvalue weighted by Crippen LogP contribution is 2.13. The van der Waals surface area contributed by atoms with Gasteiger partial charge in [0.15, 0.2) is 5.96 Å². The minimum absolute atomic E-state index is 0.452. The Bertz CT molecular complexity index is 805. The number of aromatic nitrogens is 2. The van der Waals surface area contributed by atoms with Crippen LogP contribution in [0.3, 0.4) is 0 Å². The Kier molecular flexibility index (Phi) is 8.06. The van der Waals surface area contributed by atoms with Crippen molar-refractivity contribution >= 4 is 17.7 Å². The lowest BCUT2D eigenvalue weighted by Crippen LogP contribution is -2.39. The maximum absolute atomic E-state index is 11.8. The first-order valence-electron chi connectivity index (χ1n) is 9.78. The number of ether oxygens (including phenoxy) is 1. The summed E-state index contributed by atoms with van der Waals surface area (Å²) in [5, 5.41) is 13.6. The van der Waals surface area contributed by atoms with Crippen molar-refractivity contribution in [1.29, 1.82) is 0 Å². The minimum atomic E-state index is -0.514. The van der Waals surface area contributed by atoms with Gasteiger partial charge in [0.25, 0.3) is 0 Å². The van der Waals surface area contributed by atoms with Crippen LogP contribution in [0.5, 0.6) is 0 Å². The van der Waals surface area contributed by atoms with Gasteiger partial charge >= 0.3 is 6.09 Å². The molecule has 3 N–H and O–H groups in total. The van der Waals surface area contributed by atoms with Gasteiger partial charge in [0.1, 0.15) is 5.60 Å². The molecule has 0 aliphatic heterocycles. The molecule has 0 aliphatic rings. The molecule has 0 atom stereocenters. The van der Waals surface area contributed by atoms with Gasteiger partial charge in [-0.3, -0.25) is 15.0 Å². The number of carbonyl (C=O) groups excluding carboxylic acids is 1. The van der Waals surface area contributed by atoms with Gasteiger partial charge in [-0.25, -0.2) is 4.79 Å². The Morgan fingerprint density at radius 3 is 2.45 bits per heavy atom. The van der Waals surface area contributed by atoms with E-state index in [9.17, 15) is 4.79 Å². The predicted molar refractivity (Wildman–Crippen MR) is 116 cm³/mol. The smallest absolute Gasteiger partial charge is 0.412 e. The van der Waals surface area contributed by atoms with Crippen LogP contribution in [0.15, 0.2) is 41.7 Å². The number of anilines is 1. The second-order valence-corrected chi connectivity index (χ2v) is 7.78. The molecule has 0 saturated heterocycles. The van der Waals surface area contributed by atoms with Crippen molar-refractivity contribution in [3.05, 3.63) is 47.8 Å². The Hall–Kier alpha value is -3.03. The fourth-order valence-electron chi connectivity index (χ4n) is 2.60. The third-order valence-electron chi connectivity index (χ3n) is 3.92. The predicted octanol–water partition coefficient (Wildman–Crippen LogP) is 2.95. The van der Waals surface area contributed by atoms with Gasteiger partial charge in [0, 0.05) is 32.0 Å². The summed E-state index contributed by atoms with van der Waals surface area (Å²) in [6.45, 7) is 9.81. The average molecular weight is 401 g/mol. The van der Waals surface area contributed by atoms with Crippen molar-refractivity contribution in [2.45, 2.75) is 46.3 Å². The van der Waals surface area contributed by atoms with Crippen molar-refractivity contribution in [2.24, 2.45) is 4.99 Å². The third-order valence-corrected chi connectivity index (χ3v) is 3.92. The largest absolute Gasteiger partial charge is 0.444 e. The number of nitrogens with zero attached hydrogens (tertiary/aromatic N) is 3. The second kappa shape index (κ2) is 10.5. The molecule has 0 bridgehead atoms. The number of benzene rings is 1. The number of hydrogen-bond acceptors (Lipinski definition) is 4. The van der Waals surface area contributed by atoms with E-state index in [1.807, 2.05) is 69.0 Å². The summed E-state index contributed by atoms with van der Waals surface area (Å²) >= 11 is 0. The molecule has 8 heteroatoms. The van der Waals surface area contributed by atoms with E-state index in [-0.39, 0.29) is 0 Å². The lowest BCUT2D eigenvalue weighted by molar-refractivity contribution is 0.0636. The van der Waals surface area contributed by atoms with Crippen LogP contribution in [0.1, 0.15) is 31.9 Å². The standard InChI is InChI=1S/C21H32N6O2/c1-16-14-25-27(15-16)13-12-24-19(22-5)23-11-10-17-6-8-18(9-7-17)26-20(28)29-21(2,3)4/h6-9,14-15H,10-13H2,1-5H3,(H,26,28)(H2,22,23,24). The summed E-state index contributed by atoms with van der Waals surface area (Å²) in [5.41, 5.74) is 2.51. The van der Waals surface area contributed by atoms with Crippen LogP contribution in [-0.2, 0) is 17.7 Å². The summed E-state index contributed by atoms with van der Waals surface area (Å²) in [4.78, 5) is 16.0. The first-order chi connectivity index (χ1) is 13.7. The summed E-state index contributed by atoms with van der Waals surface area (Å²) in [6, 6.07) is 7.73. The molecule has 1 amide bonds. The van der Waals surface area contributed by atoms with Crippen molar-refractivity contribution in [3.8, 4) is 0 Å². The highest BCUT2D eigenvalue weighted by molar-refractivity contribution is 5.84. The maximum Gasteiger partial charge on any atom is 0.412 e. The zero-order valence-corrected chi connectivity index (χ0v) is 18.0. The molecule has 0 saturated carbocycles. The SMILES string of the molecule is CN=C(NCCc1ccc(NC(=O)OC(C)(C)C)cc1)NCCn1cc(C)cn1. The number of aliphatic imine (C=N–C) groups is 1. The lowest BCUT2D eigenvalue weighted by Gasteiger charge is -2.19. The number of amides is 1. The van der Waals surface area contributed by atoms with Crippen LogP contribution in [-0.4, -0.2) is 47.6 Å². The number of rotatable bonds is 7. The van der Waals surface area contributed by atoms with E-state index in [4.69, 9.17) is 4.74 Å². The molecule has 0 fully saturated rings. The fourth-order valence-corrected chi connectivity index (χ4v) is 2.60. The van der Waals surface area contributed by atoms with Gasteiger partial charge in [-0.1, -0.05) is 12.1 Å². The first kappa shape index (κ1) is 22.3. The lowest BCUT2D eigenvalue weighted by atomic mass is 10.1. The van der Waals surface area contributed by atoms with E-state index in [1.54, 1.807) is 7.05 Å². The van der Waals surface area contributed by atoms with E-state index in [0.717, 1.165) is 43.1 Å². The van der Waals surface area contributed by atoms with Gasteiger partial charge in [0.05, 0.1) is 12.7 Å². The van der Waals surface area contributed by atoms with Gasteiger partial charge < -0.3 is 15.4 Å². The molecule has 1 heterocycles. The Balaban J connectivity index is 1.69. The molecular weight excluding hydrogens is 368 g/mol. The quantitative estimate of drug-likeness (QED) is 0.491. The van der Waals surface area contributed by atoms with Crippen molar-refractivity contribution in [1.82, 2.24) is 20.4 Å². The van der Waals surface area contributed by atoms with Crippen LogP contribution >= 0.6 is 0 Å². The average Bonchev–Trinajstić information content (AvgIpc) is 3.05. The molecule has 0 aliphatic carbocycles. The Labute approximate surface area is 172 Å². The zero-order valence-electron chi connectivity index (χ0n) is 18.0. The molecule has 0 unspecified atom stereocenters. The van der Waals surface area contributed by atoms with Crippen LogP contribution < -0.4 is 16.0 Å². The van der Waals surface area contributed by atoms with E-state index in [0.29, 0.717) is 5.69 Å². The van der Waals surface area contributed by atoms with Gasteiger partial charge in [-0.15, -0.1) is 0 Å². The third kappa shape index (κ3) is 8.68. The molecular formula is C21H32N6O2. The molecule has 2 aromatic rings. The molecule has 2 rings (SSSR count). The molecule has 0 radical (unpaired) electrons. The Morgan fingerprint density at radius 2 is 1.86 bits per heavy atom. The first-order valence-corrected chi connectivity index (χ1v) is 9.78. The van der Waals surface area contributed by atoms with Crippen LogP contribution in [0, 0.1) is 6.92 Å². The van der Waals surface area contributed by atoms with E-state index >= 15 is 0 Å². The molecule has 29 heavy (non-hydrogen) atoms. The van der Waals surface area contributed by atoms with Crippen LogP contribution in [0.2, 0.25) is 0 Å². The number of aryl methyl sites for hydroxylation is 1. The van der Waals surface area contributed by atoms with Crippen molar-refractivity contribution in [3.63, 3.8) is 0 Å².